The van der Waals surface area contributed by atoms with E-state index >= 15 is 0 Å². The Morgan fingerprint density at radius 1 is 1.52 bits per heavy atom. The highest BCUT2D eigenvalue weighted by atomic mass is 16.5. The summed E-state index contributed by atoms with van der Waals surface area (Å²) in [6, 6.07) is 5.62. The summed E-state index contributed by atoms with van der Waals surface area (Å²) < 4.78 is 11.0. The van der Waals surface area contributed by atoms with Crippen LogP contribution in [0.1, 0.15) is 30.4 Å². The zero-order chi connectivity index (χ0) is 15.1. The summed E-state index contributed by atoms with van der Waals surface area (Å²) in [7, 11) is 1.57. The Bertz CT molecular complexity index is 485. The number of oxime groups is 1. The van der Waals surface area contributed by atoms with Crippen LogP contribution in [0, 0.1) is 0 Å². The molecule has 1 unspecified atom stereocenters. The maximum Gasteiger partial charge on any atom is 0.173 e. The molecule has 1 aliphatic heterocycles. The van der Waals surface area contributed by atoms with E-state index in [-0.39, 0.29) is 5.84 Å². The van der Waals surface area contributed by atoms with Crippen molar-refractivity contribution in [3.05, 3.63) is 29.3 Å². The second-order valence-corrected chi connectivity index (χ2v) is 5.14. The topological polar surface area (TPSA) is 89.1 Å². The predicted molar refractivity (Wildman–Crippen MR) is 80.8 cm³/mol. The maximum absolute atomic E-state index is 8.74. The zero-order valence-electron chi connectivity index (χ0n) is 12.3. The molecule has 0 saturated carbocycles. The lowest BCUT2D eigenvalue weighted by atomic mass is 10.1. The van der Waals surface area contributed by atoms with Crippen LogP contribution in [0.2, 0.25) is 0 Å². The largest absolute Gasteiger partial charge is 0.496 e. The molecule has 1 atom stereocenters. The van der Waals surface area contributed by atoms with Gasteiger partial charge in [-0.2, -0.15) is 0 Å². The van der Waals surface area contributed by atoms with E-state index in [1.165, 1.54) is 12.8 Å². The minimum absolute atomic E-state index is 0.0435. The van der Waals surface area contributed by atoms with Gasteiger partial charge >= 0.3 is 0 Å². The van der Waals surface area contributed by atoms with Gasteiger partial charge in [0.1, 0.15) is 5.75 Å². The van der Waals surface area contributed by atoms with Crippen LogP contribution in [-0.4, -0.2) is 37.4 Å². The SMILES string of the molecule is COc1cc(CNCC2CCCCO2)ccc1/C(N)=N/O. The summed E-state index contributed by atoms with van der Waals surface area (Å²) in [5.74, 6) is 0.639. The summed E-state index contributed by atoms with van der Waals surface area (Å²) in [6.45, 7) is 2.45. The maximum atomic E-state index is 8.74. The predicted octanol–water partition coefficient (Wildman–Crippen LogP) is 1.45. The number of ether oxygens (including phenoxy) is 2. The third-order valence-corrected chi connectivity index (χ3v) is 3.62. The van der Waals surface area contributed by atoms with Crippen LogP contribution in [0.5, 0.6) is 5.75 Å². The molecule has 2 rings (SSSR count). The molecule has 1 aromatic carbocycles. The number of nitrogens with one attached hydrogen (secondary N) is 1. The standard InChI is InChI=1S/C15H23N3O3/c1-20-14-8-11(5-6-13(14)15(16)18-19)9-17-10-12-4-2-3-7-21-12/h5-6,8,12,17,19H,2-4,7,9-10H2,1H3,(H2,16,18). The summed E-state index contributed by atoms with van der Waals surface area (Å²) in [6.07, 6.45) is 3.85. The van der Waals surface area contributed by atoms with Crippen molar-refractivity contribution >= 4 is 5.84 Å². The number of rotatable bonds is 6. The van der Waals surface area contributed by atoms with Crippen molar-refractivity contribution in [2.75, 3.05) is 20.3 Å². The first-order chi connectivity index (χ1) is 10.2. The Kier molecular flexibility index (Phi) is 5.83. The molecule has 21 heavy (non-hydrogen) atoms. The van der Waals surface area contributed by atoms with Gasteiger partial charge in [0.15, 0.2) is 5.84 Å². The van der Waals surface area contributed by atoms with Gasteiger partial charge in [-0.3, -0.25) is 0 Å². The summed E-state index contributed by atoms with van der Waals surface area (Å²) in [5, 5.41) is 15.1. The van der Waals surface area contributed by atoms with E-state index in [0.717, 1.165) is 31.7 Å². The van der Waals surface area contributed by atoms with E-state index in [0.29, 0.717) is 17.4 Å². The first-order valence-corrected chi connectivity index (χ1v) is 7.21. The molecule has 1 aliphatic rings. The second kappa shape index (κ2) is 7.85. The summed E-state index contributed by atoms with van der Waals surface area (Å²) >= 11 is 0. The highest BCUT2D eigenvalue weighted by Crippen LogP contribution is 2.20. The van der Waals surface area contributed by atoms with Gasteiger partial charge in [0, 0.05) is 19.7 Å². The number of nitrogens with zero attached hydrogens (tertiary/aromatic N) is 1. The van der Waals surface area contributed by atoms with Gasteiger partial charge in [0.05, 0.1) is 18.8 Å². The van der Waals surface area contributed by atoms with Crippen molar-refractivity contribution in [1.29, 1.82) is 0 Å². The molecule has 116 valence electrons. The van der Waals surface area contributed by atoms with E-state index in [2.05, 4.69) is 10.5 Å². The monoisotopic (exact) mass is 293 g/mol. The fourth-order valence-electron chi connectivity index (χ4n) is 2.46. The lowest BCUT2D eigenvalue weighted by molar-refractivity contribution is 0.0168. The van der Waals surface area contributed by atoms with Gasteiger partial charge in [-0.15, -0.1) is 0 Å². The third-order valence-electron chi connectivity index (χ3n) is 3.62. The molecule has 1 saturated heterocycles. The molecule has 0 bridgehead atoms. The number of hydrogen-bond donors (Lipinski definition) is 3. The van der Waals surface area contributed by atoms with E-state index in [1.54, 1.807) is 13.2 Å². The molecule has 4 N–H and O–H groups in total. The summed E-state index contributed by atoms with van der Waals surface area (Å²) in [5.41, 5.74) is 7.27. The molecule has 0 spiro atoms. The Hall–Kier alpha value is -1.79. The van der Waals surface area contributed by atoms with Crippen molar-refractivity contribution in [3.63, 3.8) is 0 Å². The molecule has 6 nitrogen and oxygen atoms in total. The van der Waals surface area contributed by atoms with Gasteiger partial charge in [-0.1, -0.05) is 11.2 Å². The molecule has 1 heterocycles. The first kappa shape index (κ1) is 15.6. The van der Waals surface area contributed by atoms with Gasteiger partial charge in [-0.05, 0) is 37.0 Å². The van der Waals surface area contributed by atoms with Crippen molar-refractivity contribution in [2.45, 2.75) is 31.9 Å². The molecule has 0 aliphatic carbocycles. The zero-order valence-corrected chi connectivity index (χ0v) is 12.3. The average Bonchev–Trinajstić information content (AvgIpc) is 2.55. The highest BCUT2D eigenvalue weighted by molar-refractivity contribution is 5.99. The van der Waals surface area contributed by atoms with Crippen LogP contribution in [0.3, 0.4) is 0 Å². The Balaban J connectivity index is 1.91. The minimum Gasteiger partial charge on any atom is -0.496 e. The fraction of sp³-hybridized carbons (Fsp3) is 0.533. The molecule has 0 radical (unpaired) electrons. The van der Waals surface area contributed by atoms with Gasteiger partial charge in [0.25, 0.3) is 0 Å². The van der Waals surface area contributed by atoms with E-state index in [9.17, 15) is 0 Å². The summed E-state index contributed by atoms with van der Waals surface area (Å²) in [4.78, 5) is 0. The lowest BCUT2D eigenvalue weighted by Gasteiger charge is -2.22. The van der Waals surface area contributed by atoms with Crippen molar-refractivity contribution in [3.8, 4) is 5.75 Å². The van der Waals surface area contributed by atoms with E-state index in [4.69, 9.17) is 20.4 Å². The Morgan fingerprint density at radius 3 is 3.05 bits per heavy atom. The third kappa shape index (κ3) is 4.34. The van der Waals surface area contributed by atoms with Crippen LogP contribution in [0.25, 0.3) is 0 Å². The molecule has 0 aromatic heterocycles. The van der Waals surface area contributed by atoms with Crippen LogP contribution < -0.4 is 15.8 Å². The minimum atomic E-state index is 0.0435. The normalized spacial score (nSPS) is 19.5. The number of amidine groups is 1. The van der Waals surface area contributed by atoms with Crippen LogP contribution in [0.4, 0.5) is 0 Å². The lowest BCUT2D eigenvalue weighted by Crippen LogP contribution is -2.31. The van der Waals surface area contributed by atoms with Crippen molar-refractivity contribution in [1.82, 2.24) is 5.32 Å². The Morgan fingerprint density at radius 2 is 2.38 bits per heavy atom. The molecule has 1 fully saturated rings. The van der Waals surface area contributed by atoms with Gasteiger partial charge < -0.3 is 25.7 Å². The van der Waals surface area contributed by atoms with E-state index < -0.39 is 0 Å². The molecule has 6 heteroatoms. The highest BCUT2D eigenvalue weighted by Gasteiger charge is 2.13. The van der Waals surface area contributed by atoms with Crippen molar-refractivity contribution < 1.29 is 14.7 Å². The average molecular weight is 293 g/mol. The second-order valence-electron chi connectivity index (χ2n) is 5.14. The van der Waals surface area contributed by atoms with Crippen LogP contribution >= 0.6 is 0 Å². The quantitative estimate of drug-likeness (QED) is 0.320. The number of methoxy groups -OCH3 is 1. The Labute approximate surface area is 124 Å². The van der Waals surface area contributed by atoms with Gasteiger partial charge in [-0.25, -0.2) is 0 Å². The van der Waals surface area contributed by atoms with Crippen molar-refractivity contribution in [2.24, 2.45) is 10.9 Å². The molecule has 1 aromatic rings. The molecular formula is C15H23N3O3. The smallest absolute Gasteiger partial charge is 0.173 e. The molecule has 0 amide bonds. The van der Waals surface area contributed by atoms with E-state index in [1.807, 2.05) is 12.1 Å². The van der Waals surface area contributed by atoms with Crippen LogP contribution in [-0.2, 0) is 11.3 Å². The fourth-order valence-corrected chi connectivity index (χ4v) is 2.46. The van der Waals surface area contributed by atoms with Crippen LogP contribution in [0.15, 0.2) is 23.4 Å². The number of hydrogen-bond acceptors (Lipinski definition) is 5. The number of benzene rings is 1. The first-order valence-electron chi connectivity index (χ1n) is 7.21. The molecular weight excluding hydrogens is 270 g/mol. The number of nitrogens with two attached hydrogens (primary N) is 1. The van der Waals surface area contributed by atoms with Gasteiger partial charge in [0.2, 0.25) is 0 Å².